The molecule has 0 aliphatic carbocycles. The van der Waals surface area contributed by atoms with Gasteiger partial charge in [-0.05, 0) is 6.42 Å². The Morgan fingerprint density at radius 2 is 2.28 bits per heavy atom. The van der Waals surface area contributed by atoms with Crippen molar-refractivity contribution in [3.63, 3.8) is 0 Å². The maximum absolute atomic E-state index is 11.4. The predicted molar refractivity (Wildman–Crippen MR) is 71.3 cm³/mol. The monoisotopic (exact) mass is 285 g/mol. The van der Waals surface area contributed by atoms with Gasteiger partial charge >= 0.3 is 5.69 Å². The van der Waals surface area contributed by atoms with Crippen molar-refractivity contribution in [2.24, 2.45) is 0 Å². The Balaban J connectivity index is 1.92. The normalized spacial score (nSPS) is 10.7. The van der Waals surface area contributed by atoms with Crippen LogP contribution in [0.5, 0.6) is 0 Å². The quantitative estimate of drug-likeness (QED) is 0.844. The molecule has 2 aromatic rings. The van der Waals surface area contributed by atoms with Crippen LogP contribution in [0.2, 0.25) is 0 Å². The molecule has 0 amide bonds. The van der Waals surface area contributed by atoms with Crippen LogP contribution in [0.1, 0.15) is 17.1 Å². The smallest absolute Gasteiger partial charge is 0.301 e. The van der Waals surface area contributed by atoms with Crippen molar-refractivity contribution in [1.29, 1.82) is 0 Å². The van der Waals surface area contributed by atoms with Gasteiger partial charge in [0.05, 0.1) is 16.6 Å². The fraction of sp³-hybridized carbons (Fsp3) is 0.364. The van der Waals surface area contributed by atoms with Crippen LogP contribution in [-0.2, 0) is 18.8 Å². The van der Waals surface area contributed by atoms with E-state index in [9.17, 15) is 9.59 Å². The number of hydrogen-bond acceptors (Lipinski definition) is 4. The van der Waals surface area contributed by atoms with Gasteiger partial charge < -0.3 is 4.57 Å². The summed E-state index contributed by atoms with van der Waals surface area (Å²) in [6.07, 6.45) is 3.10. The van der Waals surface area contributed by atoms with Crippen LogP contribution in [-0.4, -0.2) is 14.5 Å². The number of aromatic amines is 1. The molecule has 1 N–H and O–H groups in total. The number of rotatable bonds is 5. The highest BCUT2D eigenvalue weighted by Gasteiger charge is 2.02. The van der Waals surface area contributed by atoms with E-state index in [4.69, 9.17) is 11.6 Å². The minimum atomic E-state index is -0.372. The molecule has 2 aromatic heterocycles. The van der Waals surface area contributed by atoms with Crippen molar-refractivity contribution < 1.29 is 0 Å². The molecule has 2 rings (SSSR count). The fourth-order valence-electron chi connectivity index (χ4n) is 1.55. The minimum Gasteiger partial charge on any atom is -0.301 e. The Bertz CT molecular complexity index is 631. The molecule has 0 saturated carbocycles. The van der Waals surface area contributed by atoms with Gasteiger partial charge in [-0.3, -0.25) is 9.78 Å². The first-order chi connectivity index (χ1) is 8.69. The van der Waals surface area contributed by atoms with Crippen molar-refractivity contribution >= 4 is 22.9 Å². The van der Waals surface area contributed by atoms with Crippen LogP contribution in [0, 0.1) is 0 Å². The number of aryl methyl sites for hydroxylation is 2. The van der Waals surface area contributed by atoms with Gasteiger partial charge in [-0.25, -0.2) is 9.78 Å². The number of nitrogens with one attached hydrogen (secondary N) is 1. The molecule has 0 unspecified atom stereocenters. The number of H-pyrrole nitrogens is 1. The van der Waals surface area contributed by atoms with Gasteiger partial charge in [0.2, 0.25) is 0 Å². The third-order valence-electron chi connectivity index (χ3n) is 2.42. The summed E-state index contributed by atoms with van der Waals surface area (Å²) >= 11 is 7.25. The summed E-state index contributed by atoms with van der Waals surface area (Å²) in [5, 5.41) is 2.96. The van der Waals surface area contributed by atoms with Gasteiger partial charge in [0.25, 0.3) is 5.56 Å². The topological polar surface area (TPSA) is 67.8 Å². The molecular formula is C11H12ClN3O2S. The minimum absolute atomic E-state index is 0.372. The van der Waals surface area contributed by atoms with Crippen LogP contribution in [0.4, 0.5) is 0 Å². The van der Waals surface area contributed by atoms with E-state index in [-0.39, 0.29) is 11.2 Å². The third-order valence-corrected chi connectivity index (χ3v) is 3.65. The van der Waals surface area contributed by atoms with Gasteiger partial charge in [-0.1, -0.05) is 0 Å². The van der Waals surface area contributed by atoms with Crippen LogP contribution < -0.4 is 11.2 Å². The molecule has 5 nitrogen and oxygen atoms in total. The molecule has 18 heavy (non-hydrogen) atoms. The first-order valence-corrected chi connectivity index (χ1v) is 6.89. The van der Waals surface area contributed by atoms with E-state index in [1.807, 2.05) is 5.38 Å². The van der Waals surface area contributed by atoms with Gasteiger partial charge in [-0.2, -0.15) is 0 Å². The molecule has 0 aliphatic heterocycles. The Hall–Kier alpha value is -1.40. The highest BCUT2D eigenvalue weighted by atomic mass is 35.5. The molecule has 0 radical (unpaired) electrons. The van der Waals surface area contributed by atoms with E-state index in [1.54, 1.807) is 11.3 Å². The Morgan fingerprint density at radius 1 is 1.44 bits per heavy atom. The van der Waals surface area contributed by atoms with Gasteiger partial charge in [0, 0.05) is 30.6 Å². The molecule has 0 bridgehead atoms. The molecule has 0 aliphatic rings. The van der Waals surface area contributed by atoms with Gasteiger partial charge in [-0.15, -0.1) is 22.9 Å². The number of nitrogens with zero attached hydrogens (tertiary/aromatic N) is 2. The number of aromatic nitrogens is 3. The number of thiazole rings is 1. The highest BCUT2D eigenvalue weighted by molar-refractivity contribution is 7.09. The summed E-state index contributed by atoms with van der Waals surface area (Å²) in [6, 6.07) is 1.34. The van der Waals surface area contributed by atoms with E-state index in [0.29, 0.717) is 12.4 Å². The van der Waals surface area contributed by atoms with Gasteiger partial charge in [0.1, 0.15) is 0 Å². The molecule has 0 spiro atoms. The van der Waals surface area contributed by atoms with Crippen LogP contribution in [0.15, 0.2) is 27.2 Å². The lowest BCUT2D eigenvalue weighted by Crippen LogP contribution is -2.28. The van der Waals surface area contributed by atoms with E-state index in [2.05, 4.69) is 9.97 Å². The zero-order valence-corrected chi connectivity index (χ0v) is 11.1. The van der Waals surface area contributed by atoms with Gasteiger partial charge in [0.15, 0.2) is 0 Å². The van der Waals surface area contributed by atoms with Crippen molar-refractivity contribution in [3.8, 4) is 0 Å². The summed E-state index contributed by atoms with van der Waals surface area (Å²) < 4.78 is 1.48. The van der Waals surface area contributed by atoms with Crippen LogP contribution >= 0.6 is 22.9 Å². The second-order valence-electron chi connectivity index (χ2n) is 3.77. The van der Waals surface area contributed by atoms with Crippen LogP contribution in [0.3, 0.4) is 0 Å². The fourth-order valence-corrected chi connectivity index (χ4v) is 2.61. The first kappa shape index (κ1) is 13.0. The Kier molecular flexibility index (Phi) is 4.33. The molecule has 7 heteroatoms. The van der Waals surface area contributed by atoms with E-state index >= 15 is 0 Å². The summed E-state index contributed by atoms with van der Waals surface area (Å²) in [6.45, 7) is 0.561. The molecule has 0 atom stereocenters. The molecule has 0 saturated heterocycles. The van der Waals surface area contributed by atoms with Crippen molar-refractivity contribution in [3.05, 3.63) is 49.2 Å². The number of hydrogen-bond donors (Lipinski definition) is 1. The van der Waals surface area contributed by atoms with E-state index in [0.717, 1.165) is 23.5 Å². The summed E-state index contributed by atoms with van der Waals surface area (Å²) in [7, 11) is 0. The molecular weight excluding hydrogens is 274 g/mol. The molecule has 0 fully saturated rings. The molecule has 0 aromatic carbocycles. The maximum Gasteiger partial charge on any atom is 0.328 e. The zero-order chi connectivity index (χ0) is 13.0. The predicted octanol–water partition coefficient (Wildman–Crippen LogP) is 1.36. The largest absolute Gasteiger partial charge is 0.328 e. The summed E-state index contributed by atoms with van der Waals surface area (Å²) in [4.78, 5) is 28.9. The summed E-state index contributed by atoms with van der Waals surface area (Å²) in [5.41, 5.74) is 0.142. The average Bonchev–Trinajstić information content (AvgIpc) is 2.80. The Labute approximate surface area is 112 Å². The lowest BCUT2D eigenvalue weighted by molar-refractivity contribution is 0.603. The third kappa shape index (κ3) is 3.30. The maximum atomic E-state index is 11.4. The average molecular weight is 286 g/mol. The van der Waals surface area contributed by atoms with E-state index in [1.165, 1.54) is 16.8 Å². The highest BCUT2D eigenvalue weighted by Crippen LogP contribution is 2.13. The second-order valence-corrected chi connectivity index (χ2v) is 4.98. The molecule has 96 valence electrons. The number of alkyl halides is 1. The number of halogens is 1. The molecule has 2 heterocycles. The second kappa shape index (κ2) is 5.97. The zero-order valence-electron chi connectivity index (χ0n) is 9.56. The Morgan fingerprint density at radius 3 is 2.94 bits per heavy atom. The first-order valence-electron chi connectivity index (χ1n) is 5.48. The lowest BCUT2D eigenvalue weighted by Gasteiger charge is -2.02. The van der Waals surface area contributed by atoms with E-state index < -0.39 is 0 Å². The van der Waals surface area contributed by atoms with Crippen molar-refractivity contribution in [1.82, 2.24) is 14.5 Å². The SMILES string of the molecule is O=c1ccn(CCCc2nc(CCl)cs2)c(=O)[nH]1. The van der Waals surface area contributed by atoms with Crippen LogP contribution in [0.25, 0.3) is 0 Å². The van der Waals surface area contributed by atoms with Crippen molar-refractivity contribution in [2.75, 3.05) is 0 Å². The summed E-state index contributed by atoms with van der Waals surface area (Å²) in [5.74, 6) is 0.426. The lowest BCUT2D eigenvalue weighted by atomic mass is 10.3. The standard InChI is InChI=1S/C11H12ClN3O2S/c12-6-8-7-18-10(13-8)2-1-4-15-5-3-9(16)14-11(15)17/h3,5,7H,1-2,4,6H2,(H,14,16,17). The van der Waals surface area contributed by atoms with Crippen molar-refractivity contribution in [2.45, 2.75) is 25.3 Å².